The predicted molar refractivity (Wildman–Crippen MR) is 57.2 cm³/mol. The highest BCUT2D eigenvalue weighted by molar-refractivity contribution is 9.10. The zero-order valence-electron chi connectivity index (χ0n) is 7.95. The topological polar surface area (TPSA) is 38.7 Å². The van der Waals surface area contributed by atoms with E-state index in [-0.39, 0.29) is 6.04 Å². The number of carbonyl (C=O) groups excluding carboxylic acids is 1. The summed E-state index contributed by atoms with van der Waals surface area (Å²) in [7, 11) is 1.59. The van der Waals surface area contributed by atoms with Gasteiger partial charge in [-0.3, -0.25) is 0 Å². The highest BCUT2D eigenvalue weighted by atomic mass is 79.9. The molecule has 0 aliphatic heterocycles. The van der Waals surface area contributed by atoms with E-state index in [0.29, 0.717) is 0 Å². The molecule has 0 radical (unpaired) electrons. The van der Waals surface area contributed by atoms with Gasteiger partial charge in [-0.05, 0) is 40.5 Å². The van der Waals surface area contributed by atoms with Gasteiger partial charge in [0.1, 0.15) is 5.75 Å². The molecule has 74 valence electrons. The summed E-state index contributed by atoms with van der Waals surface area (Å²) in [5.74, 6) is 0.732. The summed E-state index contributed by atoms with van der Waals surface area (Å²) >= 11 is 3.35. The number of rotatable bonds is 3. The summed E-state index contributed by atoms with van der Waals surface area (Å²) in [6.07, 6.45) is 1.54. The molecule has 3 nitrogen and oxygen atoms in total. The molecule has 0 heterocycles. The van der Waals surface area contributed by atoms with E-state index < -0.39 is 0 Å². The third kappa shape index (κ3) is 2.44. The Hall–Kier alpha value is -1.12. The van der Waals surface area contributed by atoms with E-state index in [4.69, 9.17) is 4.74 Å². The summed E-state index contributed by atoms with van der Waals surface area (Å²) in [6.45, 7) is 1.83. The molecule has 0 amide bonds. The van der Waals surface area contributed by atoms with Crippen LogP contribution in [-0.4, -0.2) is 13.2 Å². The van der Waals surface area contributed by atoms with Crippen LogP contribution < -0.4 is 4.74 Å². The second kappa shape index (κ2) is 4.94. The maximum absolute atomic E-state index is 10.1. The Bertz CT molecular complexity index is 372. The van der Waals surface area contributed by atoms with Gasteiger partial charge in [-0.1, -0.05) is 6.07 Å². The maximum Gasteiger partial charge on any atom is 0.235 e. The van der Waals surface area contributed by atoms with Crippen molar-refractivity contribution < 1.29 is 9.53 Å². The van der Waals surface area contributed by atoms with E-state index >= 15 is 0 Å². The highest BCUT2D eigenvalue weighted by Gasteiger charge is 2.06. The lowest BCUT2D eigenvalue weighted by Crippen LogP contribution is -1.91. The fourth-order valence-corrected chi connectivity index (χ4v) is 1.50. The van der Waals surface area contributed by atoms with Gasteiger partial charge in [0.25, 0.3) is 0 Å². The van der Waals surface area contributed by atoms with Crippen molar-refractivity contribution >= 4 is 22.0 Å². The first-order valence-electron chi connectivity index (χ1n) is 4.09. The number of benzene rings is 1. The van der Waals surface area contributed by atoms with Crippen molar-refractivity contribution in [3.05, 3.63) is 28.2 Å². The van der Waals surface area contributed by atoms with Crippen molar-refractivity contribution in [1.29, 1.82) is 0 Å². The van der Waals surface area contributed by atoms with Crippen LogP contribution in [-0.2, 0) is 4.79 Å². The summed E-state index contributed by atoms with van der Waals surface area (Å²) in [5.41, 5.74) is 0.924. The van der Waals surface area contributed by atoms with Gasteiger partial charge in [-0.2, -0.15) is 4.99 Å². The van der Waals surface area contributed by atoms with Crippen LogP contribution in [0.3, 0.4) is 0 Å². The molecule has 0 aliphatic carbocycles. The number of hydrogen-bond acceptors (Lipinski definition) is 3. The Morgan fingerprint density at radius 2 is 2.29 bits per heavy atom. The largest absolute Gasteiger partial charge is 0.496 e. The van der Waals surface area contributed by atoms with Crippen molar-refractivity contribution in [2.45, 2.75) is 13.0 Å². The fraction of sp³-hybridized carbons (Fsp3) is 0.300. The summed E-state index contributed by atoms with van der Waals surface area (Å²) in [6, 6.07) is 5.41. The number of aliphatic imine (C=N–C) groups is 1. The lowest BCUT2D eigenvalue weighted by Gasteiger charge is -2.08. The van der Waals surface area contributed by atoms with Gasteiger partial charge in [0.05, 0.1) is 17.6 Å². The van der Waals surface area contributed by atoms with Crippen LogP contribution >= 0.6 is 15.9 Å². The van der Waals surface area contributed by atoms with E-state index in [1.54, 1.807) is 13.2 Å². The molecule has 1 rings (SSSR count). The molecular formula is C10H10BrNO2. The van der Waals surface area contributed by atoms with Crippen molar-refractivity contribution in [2.24, 2.45) is 4.99 Å². The Kier molecular flexibility index (Phi) is 3.86. The number of isocyanates is 1. The highest BCUT2D eigenvalue weighted by Crippen LogP contribution is 2.28. The number of halogens is 1. The summed E-state index contributed by atoms with van der Waals surface area (Å²) in [4.78, 5) is 13.7. The molecule has 0 N–H and O–H groups in total. The van der Waals surface area contributed by atoms with Gasteiger partial charge in [-0.15, -0.1) is 0 Å². The molecule has 0 bridgehead atoms. The van der Waals surface area contributed by atoms with Crippen LogP contribution in [0.2, 0.25) is 0 Å². The lowest BCUT2D eigenvalue weighted by molar-refractivity contribution is 0.411. The minimum atomic E-state index is -0.186. The van der Waals surface area contributed by atoms with Crippen LogP contribution in [0.1, 0.15) is 18.5 Å². The quantitative estimate of drug-likeness (QED) is 0.616. The minimum absolute atomic E-state index is 0.186. The molecule has 0 aliphatic rings. The second-order valence-electron chi connectivity index (χ2n) is 2.79. The zero-order chi connectivity index (χ0) is 10.6. The van der Waals surface area contributed by atoms with Crippen molar-refractivity contribution in [2.75, 3.05) is 7.11 Å². The molecule has 14 heavy (non-hydrogen) atoms. The first-order valence-corrected chi connectivity index (χ1v) is 4.88. The van der Waals surface area contributed by atoms with Gasteiger partial charge < -0.3 is 4.74 Å². The first kappa shape index (κ1) is 11.0. The number of ether oxygens (including phenoxy) is 1. The molecule has 1 unspecified atom stereocenters. The Morgan fingerprint density at radius 1 is 1.57 bits per heavy atom. The summed E-state index contributed by atoms with van der Waals surface area (Å²) < 4.78 is 6.01. The third-order valence-corrected chi connectivity index (χ3v) is 2.56. The molecule has 0 fully saturated rings. The smallest absolute Gasteiger partial charge is 0.235 e. The Morgan fingerprint density at radius 3 is 2.86 bits per heavy atom. The number of methoxy groups -OCH3 is 1. The third-order valence-electron chi connectivity index (χ3n) is 1.90. The lowest BCUT2D eigenvalue weighted by atomic mass is 10.1. The normalized spacial score (nSPS) is 11.6. The average molecular weight is 256 g/mol. The van der Waals surface area contributed by atoms with E-state index in [0.717, 1.165) is 15.8 Å². The minimum Gasteiger partial charge on any atom is -0.496 e. The van der Waals surface area contributed by atoms with E-state index in [9.17, 15) is 4.79 Å². The van der Waals surface area contributed by atoms with Crippen LogP contribution in [0.25, 0.3) is 0 Å². The molecule has 0 aromatic heterocycles. The van der Waals surface area contributed by atoms with E-state index in [1.807, 2.05) is 25.1 Å². The SMILES string of the molecule is COc1cc(C(C)N=C=O)ccc1Br. The molecule has 0 spiro atoms. The molecule has 1 aromatic carbocycles. The Balaban J connectivity index is 3.05. The average Bonchev–Trinajstić information content (AvgIpc) is 2.19. The van der Waals surface area contributed by atoms with Gasteiger partial charge >= 0.3 is 0 Å². The van der Waals surface area contributed by atoms with Crippen LogP contribution in [0.4, 0.5) is 0 Å². The summed E-state index contributed by atoms with van der Waals surface area (Å²) in [5, 5.41) is 0. The Labute approximate surface area is 90.9 Å². The second-order valence-corrected chi connectivity index (χ2v) is 3.64. The van der Waals surface area contributed by atoms with Crippen LogP contribution in [0.5, 0.6) is 5.75 Å². The van der Waals surface area contributed by atoms with Crippen molar-refractivity contribution in [1.82, 2.24) is 0 Å². The van der Waals surface area contributed by atoms with Gasteiger partial charge in [-0.25, -0.2) is 4.79 Å². The van der Waals surface area contributed by atoms with Crippen molar-refractivity contribution in [3.63, 3.8) is 0 Å². The number of hydrogen-bond donors (Lipinski definition) is 0. The van der Waals surface area contributed by atoms with Crippen LogP contribution in [0, 0.1) is 0 Å². The van der Waals surface area contributed by atoms with Crippen molar-refractivity contribution in [3.8, 4) is 5.75 Å². The first-order chi connectivity index (χ1) is 6.69. The zero-order valence-corrected chi connectivity index (χ0v) is 9.54. The van der Waals surface area contributed by atoms with Gasteiger partial charge in [0.2, 0.25) is 6.08 Å². The molecular weight excluding hydrogens is 246 g/mol. The molecule has 1 aromatic rings. The molecule has 4 heteroatoms. The predicted octanol–water partition coefficient (Wildman–Crippen LogP) is 2.85. The fourth-order valence-electron chi connectivity index (χ4n) is 1.09. The van der Waals surface area contributed by atoms with E-state index in [1.165, 1.54) is 0 Å². The van der Waals surface area contributed by atoms with Crippen LogP contribution in [0.15, 0.2) is 27.7 Å². The van der Waals surface area contributed by atoms with Gasteiger partial charge in [0.15, 0.2) is 0 Å². The molecule has 0 saturated carbocycles. The maximum atomic E-state index is 10.1. The van der Waals surface area contributed by atoms with Gasteiger partial charge in [0, 0.05) is 0 Å². The molecule has 1 atom stereocenters. The standard InChI is InChI=1S/C10H10BrNO2/c1-7(12-6-13)8-3-4-9(11)10(5-8)14-2/h3-5,7H,1-2H3. The van der Waals surface area contributed by atoms with E-state index in [2.05, 4.69) is 20.9 Å². The number of nitrogens with zero attached hydrogens (tertiary/aromatic N) is 1. The monoisotopic (exact) mass is 255 g/mol. The molecule has 0 saturated heterocycles.